The Hall–Kier alpha value is -2.39. The van der Waals surface area contributed by atoms with E-state index in [1.54, 1.807) is 7.11 Å². The third-order valence-electron chi connectivity index (χ3n) is 5.57. The summed E-state index contributed by atoms with van der Waals surface area (Å²) in [7, 11) is 1.65. The van der Waals surface area contributed by atoms with Crippen LogP contribution in [0.4, 0.5) is 10.6 Å². The second-order valence-corrected chi connectivity index (χ2v) is 7.86. The van der Waals surface area contributed by atoms with Crippen LogP contribution in [0.2, 0.25) is 0 Å². The molecule has 1 fully saturated rings. The lowest BCUT2D eigenvalue weighted by Crippen LogP contribution is -2.43. The van der Waals surface area contributed by atoms with E-state index in [0.29, 0.717) is 43.7 Å². The molecule has 1 aliphatic rings. The number of nitrogens with zero attached hydrogens (tertiary/aromatic N) is 3. The SMILES string of the molecule is COC(C)c1nc2c(N)nc(C)cc2n1CCOCCNC(=O)NC1CCCCC1. The molecule has 2 aromatic heterocycles. The number of anilines is 1. The van der Waals surface area contributed by atoms with Crippen LogP contribution in [0, 0.1) is 6.92 Å². The maximum Gasteiger partial charge on any atom is 0.315 e. The van der Waals surface area contributed by atoms with Gasteiger partial charge in [-0.1, -0.05) is 19.3 Å². The minimum atomic E-state index is -0.178. The number of nitrogens with two attached hydrogens (primary N) is 1. The number of hydrogen-bond donors (Lipinski definition) is 3. The van der Waals surface area contributed by atoms with Crippen molar-refractivity contribution >= 4 is 22.9 Å². The summed E-state index contributed by atoms with van der Waals surface area (Å²) in [6.07, 6.45) is 5.63. The number of nitrogen functional groups attached to an aromatic ring is 1. The molecule has 1 aliphatic carbocycles. The lowest BCUT2D eigenvalue weighted by molar-refractivity contribution is 0.102. The molecule has 166 valence electrons. The summed E-state index contributed by atoms with van der Waals surface area (Å²) in [5.41, 5.74) is 8.51. The Labute approximate surface area is 177 Å². The number of fused-ring (bicyclic) bond motifs is 1. The zero-order valence-electron chi connectivity index (χ0n) is 18.2. The highest BCUT2D eigenvalue weighted by Crippen LogP contribution is 2.26. The first-order chi connectivity index (χ1) is 14.5. The lowest BCUT2D eigenvalue weighted by Gasteiger charge is -2.22. The molecule has 2 aromatic rings. The molecule has 3 rings (SSSR count). The molecule has 0 aromatic carbocycles. The highest BCUT2D eigenvalue weighted by molar-refractivity contribution is 5.85. The van der Waals surface area contributed by atoms with Gasteiger partial charge in [-0.3, -0.25) is 0 Å². The number of ether oxygens (including phenoxy) is 2. The number of methoxy groups -OCH3 is 1. The van der Waals surface area contributed by atoms with Crippen molar-refractivity contribution in [2.75, 3.05) is 32.6 Å². The normalized spacial score (nSPS) is 16.0. The molecule has 0 saturated heterocycles. The van der Waals surface area contributed by atoms with Gasteiger partial charge in [-0.2, -0.15) is 0 Å². The summed E-state index contributed by atoms with van der Waals surface area (Å²) in [6, 6.07) is 2.17. The number of urea groups is 1. The summed E-state index contributed by atoms with van der Waals surface area (Å²) in [5.74, 6) is 1.21. The van der Waals surface area contributed by atoms with Crippen molar-refractivity contribution in [2.45, 2.75) is 64.6 Å². The third kappa shape index (κ3) is 5.60. The Kier molecular flexibility index (Phi) is 7.87. The minimum Gasteiger partial charge on any atom is -0.382 e. The van der Waals surface area contributed by atoms with Crippen LogP contribution in [0.25, 0.3) is 11.0 Å². The predicted molar refractivity (Wildman–Crippen MR) is 116 cm³/mol. The van der Waals surface area contributed by atoms with Gasteiger partial charge in [0.2, 0.25) is 0 Å². The van der Waals surface area contributed by atoms with Gasteiger partial charge in [0, 0.05) is 31.9 Å². The molecule has 0 aliphatic heterocycles. The number of aromatic nitrogens is 3. The fraction of sp³-hybridized carbons (Fsp3) is 0.667. The van der Waals surface area contributed by atoms with Gasteiger partial charge < -0.3 is 30.4 Å². The molecule has 30 heavy (non-hydrogen) atoms. The van der Waals surface area contributed by atoms with Crippen molar-refractivity contribution in [1.82, 2.24) is 25.2 Å². The number of imidazole rings is 1. The molecule has 1 unspecified atom stereocenters. The standard InChI is InChI=1S/C21H34N6O3/c1-14-13-17-18(19(22)24-14)26-20(15(2)29-3)27(17)10-12-30-11-9-23-21(28)25-16-7-5-4-6-8-16/h13,15-16H,4-12H2,1-3H3,(H2,22,24)(H2,23,25,28). The summed E-state index contributed by atoms with van der Waals surface area (Å²) in [5, 5.41) is 5.91. The molecule has 4 N–H and O–H groups in total. The summed E-state index contributed by atoms with van der Waals surface area (Å²) in [4.78, 5) is 20.9. The molecule has 0 radical (unpaired) electrons. The quantitative estimate of drug-likeness (QED) is 0.539. The van der Waals surface area contributed by atoms with Gasteiger partial charge in [-0.05, 0) is 32.8 Å². The van der Waals surface area contributed by atoms with E-state index in [1.165, 1.54) is 19.3 Å². The van der Waals surface area contributed by atoms with Gasteiger partial charge in [0.25, 0.3) is 0 Å². The molecular weight excluding hydrogens is 384 g/mol. The maximum atomic E-state index is 12.0. The smallest absolute Gasteiger partial charge is 0.315 e. The van der Waals surface area contributed by atoms with Crippen molar-refractivity contribution < 1.29 is 14.3 Å². The number of aryl methyl sites for hydroxylation is 1. The first kappa shape index (κ1) is 22.3. The van der Waals surface area contributed by atoms with E-state index in [1.807, 2.05) is 19.9 Å². The van der Waals surface area contributed by atoms with Crippen LogP contribution in [0.5, 0.6) is 0 Å². The van der Waals surface area contributed by atoms with Crippen LogP contribution in [-0.4, -0.2) is 53.5 Å². The summed E-state index contributed by atoms with van der Waals surface area (Å²) in [6.45, 7) is 5.87. The largest absolute Gasteiger partial charge is 0.382 e. The van der Waals surface area contributed by atoms with Crippen LogP contribution in [-0.2, 0) is 16.0 Å². The third-order valence-corrected chi connectivity index (χ3v) is 5.57. The summed E-state index contributed by atoms with van der Waals surface area (Å²) >= 11 is 0. The minimum absolute atomic E-state index is 0.110. The fourth-order valence-corrected chi connectivity index (χ4v) is 3.92. The Morgan fingerprint density at radius 1 is 1.30 bits per heavy atom. The second kappa shape index (κ2) is 10.6. The van der Waals surface area contributed by atoms with E-state index in [4.69, 9.17) is 15.2 Å². The van der Waals surface area contributed by atoms with Gasteiger partial charge in [0.05, 0.1) is 18.7 Å². The Bertz CT molecular complexity index is 847. The van der Waals surface area contributed by atoms with E-state index in [-0.39, 0.29) is 12.1 Å². The first-order valence-electron chi connectivity index (χ1n) is 10.8. The number of pyridine rings is 1. The highest BCUT2D eigenvalue weighted by atomic mass is 16.5. The zero-order chi connectivity index (χ0) is 21.5. The van der Waals surface area contributed by atoms with Crippen LogP contribution in [0.15, 0.2) is 6.07 Å². The summed E-state index contributed by atoms with van der Waals surface area (Å²) < 4.78 is 13.3. The number of nitrogens with one attached hydrogen (secondary N) is 2. The molecule has 1 saturated carbocycles. The van der Waals surface area contributed by atoms with Crippen molar-refractivity contribution in [2.24, 2.45) is 0 Å². The zero-order valence-corrected chi connectivity index (χ0v) is 18.2. The monoisotopic (exact) mass is 418 g/mol. The van der Waals surface area contributed by atoms with Crippen LogP contribution in [0.1, 0.15) is 56.7 Å². The molecular formula is C21H34N6O3. The van der Waals surface area contributed by atoms with E-state index < -0.39 is 0 Å². The average Bonchev–Trinajstić information content (AvgIpc) is 3.09. The van der Waals surface area contributed by atoms with Gasteiger partial charge in [0.1, 0.15) is 17.4 Å². The van der Waals surface area contributed by atoms with Gasteiger partial charge in [0.15, 0.2) is 5.82 Å². The molecule has 2 amide bonds. The number of carbonyl (C=O) groups excluding carboxylic acids is 1. The number of rotatable bonds is 9. The van der Waals surface area contributed by atoms with Gasteiger partial charge in [-0.15, -0.1) is 0 Å². The Morgan fingerprint density at radius 3 is 2.80 bits per heavy atom. The average molecular weight is 419 g/mol. The van der Waals surface area contributed by atoms with Crippen LogP contribution in [0.3, 0.4) is 0 Å². The van der Waals surface area contributed by atoms with Crippen molar-refractivity contribution in [3.05, 3.63) is 17.6 Å². The molecule has 2 heterocycles. The van der Waals surface area contributed by atoms with E-state index in [9.17, 15) is 4.79 Å². The Morgan fingerprint density at radius 2 is 2.07 bits per heavy atom. The lowest BCUT2D eigenvalue weighted by atomic mass is 9.96. The molecule has 9 nitrogen and oxygen atoms in total. The number of carbonyl (C=O) groups is 1. The fourth-order valence-electron chi connectivity index (χ4n) is 3.92. The number of amides is 2. The highest BCUT2D eigenvalue weighted by Gasteiger charge is 2.19. The molecule has 9 heteroatoms. The molecule has 0 spiro atoms. The van der Waals surface area contributed by atoms with E-state index in [0.717, 1.165) is 29.9 Å². The Balaban J connectivity index is 1.49. The first-order valence-corrected chi connectivity index (χ1v) is 10.8. The predicted octanol–water partition coefficient (Wildman–Crippen LogP) is 2.68. The maximum absolute atomic E-state index is 12.0. The topological polar surface area (TPSA) is 116 Å². The van der Waals surface area contributed by atoms with Gasteiger partial charge >= 0.3 is 6.03 Å². The molecule has 1 atom stereocenters. The second-order valence-electron chi connectivity index (χ2n) is 7.86. The molecule has 0 bridgehead atoms. The van der Waals surface area contributed by atoms with E-state index >= 15 is 0 Å². The van der Waals surface area contributed by atoms with Crippen LogP contribution >= 0.6 is 0 Å². The van der Waals surface area contributed by atoms with E-state index in [2.05, 4.69) is 25.2 Å². The van der Waals surface area contributed by atoms with Crippen molar-refractivity contribution in [3.8, 4) is 0 Å². The number of hydrogen-bond acceptors (Lipinski definition) is 6. The van der Waals surface area contributed by atoms with Crippen molar-refractivity contribution in [1.29, 1.82) is 0 Å². The van der Waals surface area contributed by atoms with Gasteiger partial charge in [-0.25, -0.2) is 14.8 Å². The van der Waals surface area contributed by atoms with Crippen molar-refractivity contribution in [3.63, 3.8) is 0 Å². The van der Waals surface area contributed by atoms with Crippen LogP contribution < -0.4 is 16.4 Å².